The molecule has 1 aromatic heterocycles. The quantitative estimate of drug-likeness (QED) is 0.181. The van der Waals surface area contributed by atoms with Gasteiger partial charge in [-0.2, -0.15) is 0 Å². The Morgan fingerprint density at radius 1 is 0.365 bits per heavy atom. The van der Waals surface area contributed by atoms with E-state index < -0.39 is 5.41 Å². The number of nitrogens with one attached hydrogen (secondary N) is 2. The number of fused-ring (bicyclic) bond motifs is 13. The van der Waals surface area contributed by atoms with E-state index >= 15 is 0 Å². The van der Waals surface area contributed by atoms with Gasteiger partial charge in [0, 0.05) is 40.9 Å². The van der Waals surface area contributed by atoms with Crippen LogP contribution in [-0.4, -0.2) is 28.0 Å². The monoisotopic (exact) mass is 805 g/mol. The molecule has 0 saturated carbocycles. The molecule has 3 heterocycles. The Labute approximate surface area is 366 Å². The first-order valence-electron chi connectivity index (χ1n) is 21.7. The molecule has 5 nitrogen and oxygen atoms in total. The average molecular weight is 806 g/mol. The van der Waals surface area contributed by atoms with E-state index in [-0.39, 0.29) is 0 Å². The van der Waals surface area contributed by atoms with Gasteiger partial charge >= 0.3 is 0 Å². The largest absolute Gasteiger partial charge is 0.379 e. The van der Waals surface area contributed by atoms with Crippen LogP contribution in [-0.2, 0) is 5.41 Å². The molecule has 2 aliphatic heterocycles. The van der Waals surface area contributed by atoms with Crippen molar-refractivity contribution in [2.75, 3.05) is 23.7 Å². The molecule has 0 radical (unpaired) electrons. The van der Waals surface area contributed by atoms with Gasteiger partial charge in [-0.05, 0) is 91.0 Å². The highest BCUT2D eigenvalue weighted by Gasteiger charge is 2.52. The van der Waals surface area contributed by atoms with Crippen molar-refractivity contribution < 1.29 is 0 Å². The smallest absolute Gasteiger partial charge is 0.164 e. The Balaban J connectivity index is 1.11. The summed E-state index contributed by atoms with van der Waals surface area (Å²) in [6, 6.07) is 63.7. The number of hydrogen-bond donors (Lipinski definition) is 2. The molecule has 0 saturated heterocycles. The molecule has 0 atom stereocenters. The SMILES string of the molecule is C1=Cc2cc(-c3cc(-c4nc(-c5ccccc5)nc(-c5ccccc5)n4)cc(-c4cccc5c4-c4ccccc4C54c5ccccc5-c5ccccc54)c3)c3c(c2NC1)NCC=C3. The van der Waals surface area contributed by atoms with Crippen molar-refractivity contribution in [1.82, 2.24) is 15.0 Å². The van der Waals surface area contributed by atoms with E-state index in [0.717, 1.165) is 63.4 Å². The minimum absolute atomic E-state index is 0.452. The fraction of sp³-hybridized carbons (Fsp3) is 0.0517. The second kappa shape index (κ2) is 13.9. The first-order chi connectivity index (χ1) is 31.2. The normalized spacial score (nSPS) is 14.2. The molecule has 8 aromatic carbocycles. The Morgan fingerprint density at radius 3 is 1.49 bits per heavy atom. The summed E-state index contributed by atoms with van der Waals surface area (Å²) in [6.45, 7) is 1.58. The summed E-state index contributed by atoms with van der Waals surface area (Å²) in [5.74, 6) is 1.89. The Morgan fingerprint density at radius 2 is 0.841 bits per heavy atom. The summed E-state index contributed by atoms with van der Waals surface area (Å²) >= 11 is 0. The predicted octanol–water partition coefficient (Wildman–Crippen LogP) is 13.4. The number of nitrogens with zero attached hydrogens (tertiary/aromatic N) is 3. The standard InChI is InChI=1S/C58H39N5/c1-3-16-36(17-4-1)55-61-56(37-18-5-2-6-19-37)63-57(62-55)41-33-39(32-40(34-41)47-35-38-20-14-30-59-53(38)54-45(47)25-15-31-60-54)42-24-13-29-51-52(42)46-23-9-12-28-50(46)58(51)48-26-10-7-21-43(48)44-22-8-11-27-49(44)58/h1-29,32-35,59-60H,30-31H2. The van der Waals surface area contributed by atoms with Crippen LogP contribution in [0.2, 0.25) is 0 Å². The van der Waals surface area contributed by atoms with Crippen molar-refractivity contribution in [3.63, 3.8) is 0 Å². The van der Waals surface area contributed by atoms with Gasteiger partial charge < -0.3 is 10.6 Å². The van der Waals surface area contributed by atoms with E-state index in [9.17, 15) is 0 Å². The van der Waals surface area contributed by atoms with Crippen LogP contribution in [0.15, 0.2) is 188 Å². The molecule has 0 amide bonds. The van der Waals surface area contributed by atoms with Crippen LogP contribution >= 0.6 is 0 Å². The van der Waals surface area contributed by atoms with Crippen LogP contribution in [0, 0.1) is 0 Å². The summed E-state index contributed by atoms with van der Waals surface area (Å²) in [7, 11) is 0. The molecule has 5 heteroatoms. The topological polar surface area (TPSA) is 62.7 Å². The molecule has 0 fully saturated rings. The van der Waals surface area contributed by atoms with Crippen LogP contribution in [0.5, 0.6) is 0 Å². The highest BCUT2D eigenvalue weighted by Crippen LogP contribution is 2.64. The zero-order valence-electron chi connectivity index (χ0n) is 34.3. The molecule has 1 spiro atoms. The highest BCUT2D eigenvalue weighted by atomic mass is 15.0. The van der Waals surface area contributed by atoms with E-state index in [1.165, 1.54) is 55.6 Å². The Kier molecular flexibility index (Phi) is 7.88. The van der Waals surface area contributed by atoms with Crippen LogP contribution < -0.4 is 10.6 Å². The Bertz CT molecular complexity index is 3300. The maximum absolute atomic E-state index is 5.27. The minimum atomic E-state index is -0.452. The molecule has 63 heavy (non-hydrogen) atoms. The molecule has 2 N–H and O–H groups in total. The van der Waals surface area contributed by atoms with E-state index in [4.69, 9.17) is 15.0 Å². The average Bonchev–Trinajstić information content (AvgIpc) is 3.84. The van der Waals surface area contributed by atoms with Crippen LogP contribution in [0.25, 0.3) is 90.8 Å². The van der Waals surface area contributed by atoms with Gasteiger partial charge in [0.2, 0.25) is 0 Å². The summed E-state index contributed by atoms with van der Waals surface area (Å²) < 4.78 is 0. The van der Waals surface area contributed by atoms with E-state index in [0.29, 0.717) is 17.5 Å². The maximum atomic E-state index is 5.27. The lowest BCUT2D eigenvalue weighted by atomic mass is 9.70. The van der Waals surface area contributed by atoms with Gasteiger partial charge in [0.25, 0.3) is 0 Å². The molecule has 9 aromatic rings. The zero-order chi connectivity index (χ0) is 41.5. The van der Waals surface area contributed by atoms with Crippen LogP contribution in [0.1, 0.15) is 33.4 Å². The molecular weight excluding hydrogens is 767 g/mol. The van der Waals surface area contributed by atoms with Gasteiger partial charge in [-0.1, -0.05) is 176 Å². The van der Waals surface area contributed by atoms with Crippen molar-refractivity contribution in [2.24, 2.45) is 0 Å². The summed E-state index contributed by atoms with van der Waals surface area (Å²) in [6.07, 6.45) is 8.92. The maximum Gasteiger partial charge on any atom is 0.164 e. The van der Waals surface area contributed by atoms with Gasteiger partial charge in [0.1, 0.15) is 0 Å². The summed E-state index contributed by atoms with van der Waals surface area (Å²) in [5, 5.41) is 7.37. The molecule has 2 aliphatic carbocycles. The van der Waals surface area contributed by atoms with Crippen molar-refractivity contribution >= 4 is 23.5 Å². The van der Waals surface area contributed by atoms with Gasteiger partial charge in [-0.15, -0.1) is 0 Å². The zero-order valence-corrected chi connectivity index (χ0v) is 34.3. The Hall–Kier alpha value is -8.15. The van der Waals surface area contributed by atoms with E-state index in [1.807, 2.05) is 36.4 Å². The molecule has 0 unspecified atom stereocenters. The number of anilines is 2. The van der Waals surface area contributed by atoms with Crippen molar-refractivity contribution in [2.45, 2.75) is 5.41 Å². The lowest BCUT2D eigenvalue weighted by Crippen LogP contribution is -2.25. The third-order valence-electron chi connectivity index (χ3n) is 13.3. The predicted molar refractivity (Wildman–Crippen MR) is 258 cm³/mol. The third-order valence-corrected chi connectivity index (χ3v) is 13.3. The van der Waals surface area contributed by atoms with Crippen LogP contribution in [0.3, 0.4) is 0 Å². The van der Waals surface area contributed by atoms with Gasteiger partial charge in [0.05, 0.1) is 16.8 Å². The molecule has 4 aliphatic rings. The van der Waals surface area contributed by atoms with Crippen LogP contribution in [0.4, 0.5) is 11.4 Å². The molecule has 0 bridgehead atoms. The number of aromatic nitrogens is 3. The van der Waals surface area contributed by atoms with Gasteiger partial charge in [0.15, 0.2) is 17.5 Å². The lowest BCUT2D eigenvalue weighted by Gasteiger charge is -2.30. The summed E-state index contributed by atoms with van der Waals surface area (Å²) in [4.78, 5) is 15.6. The van der Waals surface area contributed by atoms with Crippen molar-refractivity contribution in [1.29, 1.82) is 0 Å². The number of benzene rings is 8. The number of rotatable bonds is 5. The first kappa shape index (κ1) is 35.6. The van der Waals surface area contributed by atoms with E-state index in [2.05, 4.69) is 174 Å². The second-order valence-electron chi connectivity index (χ2n) is 16.7. The van der Waals surface area contributed by atoms with E-state index in [1.54, 1.807) is 0 Å². The van der Waals surface area contributed by atoms with Gasteiger partial charge in [-0.3, -0.25) is 0 Å². The highest BCUT2D eigenvalue weighted by molar-refractivity contribution is 6.02. The second-order valence-corrected chi connectivity index (χ2v) is 16.7. The molecule has 296 valence electrons. The third kappa shape index (κ3) is 5.33. The van der Waals surface area contributed by atoms with Gasteiger partial charge in [-0.25, -0.2) is 15.0 Å². The molecule has 13 rings (SSSR count). The minimum Gasteiger partial charge on any atom is -0.379 e. The first-order valence-corrected chi connectivity index (χ1v) is 21.7. The fourth-order valence-electron chi connectivity index (χ4n) is 10.7. The summed E-state index contributed by atoms with van der Waals surface area (Å²) in [5.41, 5.74) is 21.9. The lowest BCUT2D eigenvalue weighted by molar-refractivity contribution is 0.794. The number of hydrogen-bond acceptors (Lipinski definition) is 5. The van der Waals surface area contributed by atoms with Crippen molar-refractivity contribution in [3.05, 3.63) is 221 Å². The van der Waals surface area contributed by atoms with Crippen molar-refractivity contribution in [3.8, 4) is 78.7 Å². The fourth-order valence-corrected chi connectivity index (χ4v) is 10.7. The molecular formula is C58H39N5.